The number of hydrogen-bond acceptors (Lipinski definition) is 4. The number of thiocarbonyl (C=S) groups is 1. The Hall–Kier alpha value is -2.01. The summed E-state index contributed by atoms with van der Waals surface area (Å²) >= 11 is 4.85. The van der Waals surface area contributed by atoms with Gasteiger partial charge in [-0.3, -0.25) is 9.97 Å². The molecule has 0 aliphatic carbocycles. The van der Waals surface area contributed by atoms with Crippen molar-refractivity contribution in [2.24, 2.45) is 5.73 Å². The average molecular weight is 258 g/mol. The van der Waals surface area contributed by atoms with Crippen LogP contribution in [0.3, 0.4) is 0 Å². The summed E-state index contributed by atoms with van der Waals surface area (Å²) in [7, 11) is 0. The van der Waals surface area contributed by atoms with Crippen LogP contribution in [0.1, 0.15) is 24.4 Å². The summed E-state index contributed by atoms with van der Waals surface area (Å²) in [5, 5.41) is 3.32. The van der Waals surface area contributed by atoms with Crippen molar-refractivity contribution in [2.45, 2.75) is 13.0 Å². The van der Waals surface area contributed by atoms with Crippen molar-refractivity contribution >= 4 is 22.9 Å². The Morgan fingerprint density at radius 2 is 2.11 bits per heavy atom. The van der Waals surface area contributed by atoms with Crippen molar-refractivity contribution < 1.29 is 0 Å². The van der Waals surface area contributed by atoms with Crippen molar-refractivity contribution in [1.29, 1.82) is 0 Å². The first-order valence-electron chi connectivity index (χ1n) is 5.60. The Kier molecular flexibility index (Phi) is 3.84. The molecular formula is C13H14N4S. The molecule has 0 fully saturated rings. The van der Waals surface area contributed by atoms with E-state index in [1.165, 1.54) is 0 Å². The molecule has 2 aromatic heterocycles. The molecule has 0 amide bonds. The van der Waals surface area contributed by atoms with Gasteiger partial charge in [0.05, 0.1) is 29.3 Å². The molecule has 0 saturated heterocycles. The SMILES string of the molecule is CC(Nc1ccc(C(N)=S)nc1)c1ccccn1. The Morgan fingerprint density at radius 1 is 1.28 bits per heavy atom. The van der Waals surface area contributed by atoms with Crippen LogP contribution in [0.25, 0.3) is 0 Å². The largest absolute Gasteiger partial charge is 0.388 e. The van der Waals surface area contributed by atoms with Gasteiger partial charge in [0.15, 0.2) is 0 Å². The second-order valence-electron chi connectivity index (χ2n) is 3.92. The van der Waals surface area contributed by atoms with E-state index in [0.29, 0.717) is 10.7 Å². The fourth-order valence-corrected chi connectivity index (χ4v) is 1.70. The summed E-state index contributed by atoms with van der Waals surface area (Å²) in [6, 6.07) is 9.66. The lowest BCUT2D eigenvalue weighted by molar-refractivity contribution is 0.838. The van der Waals surface area contributed by atoms with E-state index in [4.69, 9.17) is 18.0 Å². The summed E-state index contributed by atoms with van der Waals surface area (Å²) in [6.45, 7) is 2.05. The van der Waals surface area contributed by atoms with Crippen LogP contribution in [0.2, 0.25) is 0 Å². The molecule has 1 atom stereocenters. The van der Waals surface area contributed by atoms with E-state index in [0.717, 1.165) is 11.4 Å². The summed E-state index contributed by atoms with van der Waals surface area (Å²) in [5.74, 6) is 0. The van der Waals surface area contributed by atoms with Gasteiger partial charge < -0.3 is 11.1 Å². The van der Waals surface area contributed by atoms with Gasteiger partial charge in [0.1, 0.15) is 4.99 Å². The minimum Gasteiger partial charge on any atom is -0.388 e. The number of nitrogens with zero attached hydrogens (tertiary/aromatic N) is 2. The van der Waals surface area contributed by atoms with E-state index in [1.807, 2.05) is 31.2 Å². The quantitative estimate of drug-likeness (QED) is 0.824. The standard InChI is InChI=1S/C13H14N4S/c1-9(11-4-2-3-7-15-11)17-10-5-6-12(13(14)18)16-8-10/h2-9,17H,1H3,(H2,14,18). The van der Waals surface area contributed by atoms with Crippen LogP contribution in [-0.4, -0.2) is 15.0 Å². The van der Waals surface area contributed by atoms with Crippen molar-refractivity contribution in [1.82, 2.24) is 9.97 Å². The van der Waals surface area contributed by atoms with Crippen LogP contribution < -0.4 is 11.1 Å². The number of pyridine rings is 2. The Morgan fingerprint density at radius 3 is 2.67 bits per heavy atom. The molecule has 2 aromatic rings. The van der Waals surface area contributed by atoms with Crippen molar-refractivity contribution in [2.75, 3.05) is 5.32 Å². The maximum atomic E-state index is 5.49. The molecule has 92 valence electrons. The highest BCUT2D eigenvalue weighted by Gasteiger charge is 2.06. The van der Waals surface area contributed by atoms with Crippen molar-refractivity contribution in [3.05, 3.63) is 54.1 Å². The van der Waals surface area contributed by atoms with Crippen LogP contribution in [0.15, 0.2) is 42.7 Å². The molecule has 2 rings (SSSR count). The first-order chi connectivity index (χ1) is 8.66. The third-order valence-corrected chi connectivity index (χ3v) is 2.74. The highest BCUT2D eigenvalue weighted by Crippen LogP contribution is 2.16. The van der Waals surface area contributed by atoms with E-state index >= 15 is 0 Å². The molecular weight excluding hydrogens is 244 g/mol. The summed E-state index contributed by atoms with van der Waals surface area (Å²) in [5.41, 5.74) is 8.01. The Balaban J connectivity index is 2.08. The Bertz CT molecular complexity index is 524. The number of aromatic nitrogens is 2. The minimum atomic E-state index is 0.115. The topological polar surface area (TPSA) is 63.8 Å². The molecule has 0 spiro atoms. The molecule has 0 radical (unpaired) electrons. The maximum Gasteiger partial charge on any atom is 0.122 e. The molecule has 1 unspecified atom stereocenters. The zero-order chi connectivity index (χ0) is 13.0. The summed E-state index contributed by atoms with van der Waals surface area (Å²) in [6.07, 6.45) is 3.50. The highest BCUT2D eigenvalue weighted by molar-refractivity contribution is 7.80. The highest BCUT2D eigenvalue weighted by atomic mass is 32.1. The monoisotopic (exact) mass is 258 g/mol. The van der Waals surface area contributed by atoms with E-state index in [2.05, 4.69) is 15.3 Å². The normalized spacial score (nSPS) is 11.8. The number of anilines is 1. The molecule has 3 N–H and O–H groups in total. The summed E-state index contributed by atoms with van der Waals surface area (Å²) < 4.78 is 0. The van der Waals surface area contributed by atoms with Gasteiger partial charge in [0, 0.05) is 6.20 Å². The van der Waals surface area contributed by atoms with Gasteiger partial charge >= 0.3 is 0 Å². The lowest BCUT2D eigenvalue weighted by Gasteiger charge is -2.14. The molecule has 0 bridgehead atoms. The van der Waals surface area contributed by atoms with Gasteiger partial charge in [-0.1, -0.05) is 18.3 Å². The molecule has 5 heteroatoms. The third-order valence-electron chi connectivity index (χ3n) is 2.53. The lowest BCUT2D eigenvalue weighted by Crippen LogP contribution is -2.12. The average Bonchev–Trinajstić information content (AvgIpc) is 2.40. The summed E-state index contributed by atoms with van der Waals surface area (Å²) in [4.78, 5) is 8.78. The maximum absolute atomic E-state index is 5.49. The number of nitrogens with one attached hydrogen (secondary N) is 1. The van der Waals surface area contributed by atoms with E-state index in [1.54, 1.807) is 18.5 Å². The van der Waals surface area contributed by atoms with Crippen LogP contribution in [-0.2, 0) is 0 Å². The molecule has 0 aromatic carbocycles. The molecule has 2 heterocycles. The van der Waals surface area contributed by atoms with Crippen molar-refractivity contribution in [3.8, 4) is 0 Å². The molecule has 0 aliphatic heterocycles. The third kappa shape index (κ3) is 3.01. The predicted molar refractivity (Wildman–Crippen MR) is 76.4 cm³/mol. The van der Waals surface area contributed by atoms with Crippen molar-refractivity contribution in [3.63, 3.8) is 0 Å². The Labute approximate surface area is 111 Å². The first-order valence-corrected chi connectivity index (χ1v) is 6.01. The zero-order valence-electron chi connectivity index (χ0n) is 10.00. The lowest BCUT2D eigenvalue weighted by atomic mass is 10.2. The van der Waals surface area contributed by atoms with E-state index < -0.39 is 0 Å². The molecule has 0 aliphatic rings. The fraction of sp³-hybridized carbons (Fsp3) is 0.154. The smallest absolute Gasteiger partial charge is 0.122 e. The minimum absolute atomic E-state index is 0.115. The van der Waals surface area contributed by atoms with Crippen LogP contribution in [0.4, 0.5) is 5.69 Å². The van der Waals surface area contributed by atoms with Gasteiger partial charge in [-0.15, -0.1) is 0 Å². The molecule has 4 nitrogen and oxygen atoms in total. The van der Waals surface area contributed by atoms with Gasteiger partial charge in [0.25, 0.3) is 0 Å². The van der Waals surface area contributed by atoms with Gasteiger partial charge in [0.2, 0.25) is 0 Å². The van der Waals surface area contributed by atoms with E-state index in [-0.39, 0.29) is 6.04 Å². The zero-order valence-corrected chi connectivity index (χ0v) is 10.8. The first kappa shape index (κ1) is 12.4. The van der Waals surface area contributed by atoms with E-state index in [9.17, 15) is 0 Å². The second-order valence-corrected chi connectivity index (χ2v) is 4.36. The van der Waals surface area contributed by atoms with Gasteiger partial charge in [-0.2, -0.15) is 0 Å². The van der Waals surface area contributed by atoms with Crippen LogP contribution in [0, 0.1) is 0 Å². The predicted octanol–water partition coefficient (Wildman–Crippen LogP) is 2.28. The van der Waals surface area contributed by atoms with Crippen LogP contribution in [0.5, 0.6) is 0 Å². The van der Waals surface area contributed by atoms with Gasteiger partial charge in [-0.05, 0) is 31.2 Å². The fourth-order valence-electron chi connectivity index (χ4n) is 1.58. The molecule has 18 heavy (non-hydrogen) atoms. The van der Waals surface area contributed by atoms with Crippen LogP contribution >= 0.6 is 12.2 Å². The number of nitrogens with two attached hydrogens (primary N) is 1. The number of rotatable bonds is 4. The second kappa shape index (κ2) is 5.55. The molecule has 0 saturated carbocycles. The number of hydrogen-bond donors (Lipinski definition) is 2. The van der Waals surface area contributed by atoms with Gasteiger partial charge in [-0.25, -0.2) is 0 Å².